The van der Waals surface area contributed by atoms with Crippen LogP contribution in [0.3, 0.4) is 0 Å². The number of fused-ring (bicyclic) bond motifs is 6. The summed E-state index contributed by atoms with van der Waals surface area (Å²) in [6.45, 7) is 14.4. The molecule has 13 aromatic carbocycles. The number of anilines is 6. The zero-order valence-corrected chi connectivity index (χ0v) is 47.8. The van der Waals surface area contributed by atoms with Crippen LogP contribution >= 0.6 is 0 Å². The summed E-state index contributed by atoms with van der Waals surface area (Å²) in [5.74, 6) is 0.882. The van der Waals surface area contributed by atoms with Gasteiger partial charge in [0.15, 0.2) is 0 Å². The van der Waals surface area contributed by atoms with Crippen LogP contribution in [0.1, 0.15) is 65.0 Å². The van der Waals surface area contributed by atoms with E-state index in [2.05, 4.69) is 264 Å². The third kappa shape index (κ3) is 9.11. The second kappa shape index (κ2) is 22.5. The topological polar surface area (TPSA) is 15.7 Å². The number of benzene rings is 11. The van der Waals surface area contributed by atoms with Crippen molar-refractivity contribution in [2.24, 2.45) is 0 Å². The Balaban J connectivity index is 0.00000125. The van der Waals surface area contributed by atoms with Crippen LogP contribution in [0.15, 0.2) is 218 Å². The minimum atomic E-state index is 0. The van der Waals surface area contributed by atoms with Gasteiger partial charge in [-0.15, -0.1) is 12.1 Å². The van der Waals surface area contributed by atoms with E-state index in [1.54, 1.807) is 0 Å². The van der Waals surface area contributed by atoms with E-state index in [0.717, 1.165) is 65.6 Å². The minimum Gasteiger partial charge on any atom is -0.491 e. The maximum atomic E-state index is 6.29. The molecular formula is C74H64N2OOs. The van der Waals surface area contributed by atoms with E-state index in [9.17, 15) is 0 Å². The van der Waals surface area contributed by atoms with E-state index in [4.69, 9.17) is 4.74 Å². The first kappa shape index (κ1) is 52.1. The number of hydrogen-bond donors (Lipinski definition) is 0. The molecule has 0 fully saturated rings. The van der Waals surface area contributed by atoms with Crippen molar-refractivity contribution in [3.63, 3.8) is 0 Å². The molecule has 78 heavy (non-hydrogen) atoms. The van der Waals surface area contributed by atoms with Gasteiger partial charge in [0.1, 0.15) is 5.75 Å². The van der Waals surface area contributed by atoms with Gasteiger partial charge >= 0.3 is 19.8 Å². The average Bonchev–Trinajstić information content (AvgIpc) is 3.14. The third-order valence-corrected chi connectivity index (χ3v) is 15.7. The summed E-state index contributed by atoms with van der Waals surface area (Å²) in [4.78, 5) is 4.85. The zero-order chi connectivity index (χ0) is 52.6. The molecule has 0 spiro atoms. The van der Waals surface area contributed by atoms with E-state index in [-0.39, 0.29) is 25.9 Å². The Bertz CT molecular complexity index is 4040. The van der Waals surface area contributed by atoms with E-state index in [1.807, 2.05) is 12.1 Å². The number of aryl methyl sites for hydroxylation is 2. The van der Waals surface area contributed by atoms with Gasteiger partial charge in [0.2, 0.25) is 0 Å². The molecule has 0 amide bonds. The molecule has 0 aliphatic carbocycles. The van der Waals surface area contributed by atoms with E-state index in [0.29, 0.717) is 0 Å². The second-order valence-electron chi connectivity index (χ2n) is 20.4. The number of ether oxygens (including phenoxy) is 1. The van der Waals surface area contributed by atoms with Crippen molar-refractivity contribution in [1.29, 1.82) is 0 Å². The summed E-state index contributed by atoms with van der Waals surface area (Å²) >= 11 is 0. The standard InChI is InChI=1S/C70H55N2O.C4H9.Os/c1-5-45(4)73-54-39-37-53(38-40-54)72(52-35-31-47(7-3)32-36-52)62-44-42-60-66-56(62)26-18-28-58(66)68-64(49-21-13-9-14-22-49)69-59-41-43-61(71(50-23-15-10-16-24-50)51-33-29-46(6-2)30-34-51)55-25-17-27-57(65(55)59)67(69)63(70(60)68)48-19-11-8-12-20-48;1-3-4-2;/h8-9,11-45H,5-7H2,1-4H3;1,3-4H2,2H3;/q2*-1;+2. The summed E-state index contributed by atoms with van der Waals surface area (Å²) in [6, 6.07) is 84.2. The zero-order valence-electron chi connectivity index (χ0n) is 45.3. The van der Waals surface area contributed by atoms with Gasteiger partial charge in [-0.2, -0.15) is 24.6 Å². The van der Waals surface area contributed by atoms with Crippen LogP contribution < -0.4 is 14.5 Å². The number of nitrogens with zero attached hydrogens (tertiary/aromatic N) is 2. The summed E-state index contributed by atoms with van der Waals surface area (Å²) in [6.07, 6.45) is 5.34. The van der Waals surface area contributed by atoms with Gasteiger partial charge in [-0.25, -0.2) is 0 Å². The predicted molar refractivity (Wildman–Crippen MR) is 332 cm³/mol. The number of rotatable bonds is 14. The molecule has 0 saturated heterocycles. The van der Waals surface area contributed by atoms with E-state index in [1.165, 1.54) is 104 Å². The van der Waals surface area contributed by atoms with Crippen molar-refractivity contribution in [3.05, 3.63) is 243 Å². The third-order valence-electron chi connectivity index (χ3n) is 15.7. The van der Waals surface area contributed by atoms with Gasteiger partial charge in [0, 0.05) is 27.8 Å². The fourth-order valence-corrected chi connectivity index (χ4v) is 11.8. The SMILES string of the molecule is CCc1ccc(N(c2cc[c-]cc2)c2ccc3c4c(-c5ccccc5)c5c6cccc7c(N(c8ccc(CC)cc8)c8ccc(OC(C)CC)cc8)ccc(c5c(-c5ccccc5)c4c4cccc2c43)c76)cc1.[CH2-]CCC.[Os+2]. The molecule has 3 nitrogen and oxygen atoms in total. The van der Waals surface area contributed by atoms with Crippen LogP contribution in [-0.2, 0) is 32.6 Å². The fourth-order valence-electron chi connectivity index (χ4n) is 11.8. The Labute approximate surface area is 473 Å². The van der Waals surface area contributed by atoms with Crippen LogP contribution in [-0.4, -0.2) is 6.10 Å². The summed E-state index contributed by atoms with van der Waals surface area (Å²) in [5.41, 5.74) is 14.3. The fraction of sp³-hybridized carbons (Fsp3) is 0.149. The van der Waals surface area contributed by atoms with Crippen LogP contribution in [0, 0.1) is 13.0 Å². The molecule has 13 rings (SSSR count). The van der Waals surface area contributed by atoms with Gasteiger partial charge < -0.3 is 21.5 Å². The Morgan fingerprint density at radius 3 is 1.17 bits per heavy atom. The van der Waals surface area contributed by atoms with Crippen molar-refractivity contribution in [2.45, 2.75) is 72.8 Å². The Kier molecular flexibility index (Phi) is 15.0. The maximum absolute atomic E-state index is 6.29. The first-order valence-corrected chi connectivity index (χ1v) is 27.7. The van der Waals surface area contributed by atoms with Crippen molar-refractivity contribution >= 4 is 98.8 Å². The molecule has 0 radical (unpaired) electrons. The number of hydrogen-bond acceptors (Lipinski definition) is 3. The molecule has 4 heteroatoms. The van der Waals surface area contributed by atoms with Crippen LogP contribution in [0.25, 0.3) is 86.9 Å². The molecule has 0 N–H and O–H groups in total. The smallest absolute Gasteiger partial charge is 0.491 e. The Morgan fingerprint density at radius 1 is 0.410 bits per heavy atom. The van der Waals surface area contributed by atoms with Gasteiger partial charge in [-0.3, -0.25) is 0 Å². The van der Waals surface area contributed by atoms with E-state index < -0.39 is 0 Å². The van der Waals surface area contributed by atoms with Crippen molar-refractivity contribution in [1.82, 2.24) is 0 Å². The molecule has 1 unspecified atom stereocenters. The summed E-state index contributed by atoms with van der Waals surface area (Å²) in [7, 11) is 0. The first-order chi connectivity index (χ1) is 37.9. The first-order valence-electron chi connectivity index (χ1n) is 27.7. The predicted octanol–water partition coefficient (Wildman–Crippen LogP) is 21.5. The second-order valence-corrected chi connectivity index (χ2v) is 20.4. The molecule has 0 heterocycles. The van der Waals surface area contributed by atoms with Crippen LogP contribution in [0.4, 0.5) is 34.1 Å². The van der Waals surface area contributed by atoms with Gasteiger partial charge in [-0.1, -0.05) is 173 Å². The molecular weight excluding hydrogens is 1120 g/mol. The largest absolute Gasteiger partial charge is 2.00 e. The van der Waals surface area contributed by atoms with Crippen LogP contribution in [0.5, 0.6) is 5.75 Å². The molecule has 0 aliphatic rings. The molecule has 13 aromatic rings. The van der Waals surface area contributed by atoms with Gasteiger partial charge in [0.05, 0.1) is 17.5 Å². The van der Waals surface area contributed by atoms with Crippen molar-refractivity contribution in [3.8, 4) is 28.0 Å². The molecule has 1 atom stereocenters. The van der Waals surface area contributed by atoms with Gasteiger partial charge in [-0.05, 0) is 174 Å². The summed E-state index contributed by atoms with van der Waals surface area (Å²) in [5, 5.41) is 15.2. The van der Waals surface area contributed by atoms with Crippen molar-refractivity contribution < 1.29 is 24.5 Å². The normalized spacial score (nSPS) is 11.8. The van der Waals surface area contributed by atoms with Crippen LogP contribution in [0.2, 0.25) is 0 Å². The molecule has 0 bridgehead atoms. The van der Waals surface area contributed by atoms with Crippen molar-refractivity contribution in [2.75, 3.05) is 9.80 Å². The molecule has 0 aliphatic heterocycles. The quantitative estimate of drug-likeness (QED) is 0.101. The molecule has 0 saturated carbocycles. The molecule has 384 valence electrons. The number of unbranched alkanes of at least 4 members (excludes halogenated alkanes) is 1. The Morgan fingerprint density at radius 2 is 0.782 bits per heavy atom. The summed E-state index contributed by atoms with van der Waals surface area (Å²) < 4.78 is 6.29. The van der Waals surface area contributed by atoms with E-state index >= 15 is 0 Å². The molecule has 0 aromatic heterocycles. The Hall–Kier alpha value is -8.02. The minimum absolute atomic E-state index is 0. The monoisotopic (exact) mass is 1190 g/mol. The average molecular weight is 1190 g/mol. The maximum Gasteiger partial charge on any atom is 2.00 e. The van der Waals surface area contributed by atoms with Gasteiger partial charge in [0.25, 0.3) is 0 Å².